The average molecular weight is 571 g/mol. The maximum atomic E-state index is 13.6. The van der Waals surface area contributed by atoms with Crippen molar-refractivity contribution >= 4 is 38.7 Å². The fourth-order valence-electron chi connectivity index (χ4n) is 4.70. The minimum absolute atomic E-state index is 0.0655. The highest BCUT2D eigenvalue weighted by Gasteiger charge is 2.31. The summed E-state index contributed by atoms with van der Waals surface area (Å²) in [5, 5.41) is 9.29. The zero-order valence-corrected chi connectivity index (χ0v) is 22.2. The van der Waals surface area contributed by atoms with Crippen LogP contribution in [0.25, 0.3) is 17.0 Å². The van der Waals surface area contributed by atoms with Crippen molar-refractivity contribution in [1.29, 1.82) is 0 Å². The van der Waals surface area contributed by atoms with Crippen molar-refractivity contribution in [1.82, 2.24) is 3.97 Å². The van der Waals surface area contributed by atoms with Gasteiger partial charge in [-0.15, -0.1) is 0 Å². The largest absolute Gasteiger partial charge is 0.490 e. The molecule has 0 aliphatic carbocycles. The Morgan fingerprint density at radius 1 is 1.05 bits per heavy atom. The van der Waals surface area contributed by atoms with Crippen LogP contribution in [0.2, 0.25) is 0 Å². The van der Waals surface area contributed by atoms with Crippen molar-refractivity contribution in [2.75, 3.05) is 30.9 Å². The fourth-order valence-corrected chi connectivity index (χ4v) is 6.13. The highest BCUT2D eigenvalue weighted by molar-refractivity contribution is 7.90. The second kappa shape index (κ2) is 10.4. The molecule has 1 aliphatic heterocycles. The Labute approximate surface area is 228 Å². The molecule has 1 N–H and O–H groups in total. The molecule has 1 aliphatic rings. The van der Waals surface area contributed by atoms with Gasteiger partial charge in [-0.2, -0.15) is 13.2 Å². The number of anilines is 1. The predicted molar refractivity (Wildman–Crippen MR) is 147 cm³/mol. The van der Waals surface area contributed by atoms with E-state index >= 15 is 0 Å². The molecule has 0 saturated carbocycles. The Balaban J connectivity index is 1.50. The highest BCUT2D eigenvalue weighted by atomic mass is 32.2. The van der Waals surface area contributed by atoms with Crippen LogP contribution in [0.15, 0.2) is 72.8 Å². The number of likely N-dealkylation sites (N-methyl/N-ethyl adjacent to an activating group) is 1. The standard InChI is InChI=1S/C29H25F3N2O5S/c1-33-12-13-39-27-11-6-19(16-26(27)33)3-2-14-40(37,38)34-24(15-20-4-7-21(8-5-20)28(35)36)18-22-17-23(29(30,31)32)9-10-25(22)34/h2-11,16-18H,12-15H2,1H3,(H,35,36). The summed E-state index contributed by atoms with van der Waals surface area (Å²) in [6.07, 6.45) is -1.34. The molecular weight excluding hydrogens is 545 g/mol. The Bertz CT molecular complexity index is 1730. The fraction of sp³-hybridized carbons (Fsp3) is 0.207. The van der Waals surface area contributed by atoms with E-state index in [-0.39, 0.29) is 28.6 Å². The monoisotopic (exact) mass is 570 g/mol. The van der Waals surface area contributed by atoms with E-state index in [2.05, 4.69) is 0 Å². The smallest absolute Gasteiger partial charge is 0.416 e. The normalized spacial score (nSPS) is 13.9. The van der Waals surface area contributed by atoms with Crippen LogP contribution in [-0.4, -0.2) is 49.4 Å². The molecule has 1 aromatic heterocycles. The lowest BCUT2D eigenvalue weighted by atomic mass is 10.1. The van der Waals surface area contributed by atoms with Gasteiger partial charge in [0, 0.05) is 24.5 Å². The number of aromatic carboxylic acids is 1. The zero-order valence-electron chi connectivity index (χ0n) is 21.4. The van der Waals surface area contributed by atoms with Gasteiger partial charge in [0.2, 0.25) is 10.0 Å². The van der Waals surface area contributed by atoms with Crippen LogP contribution in [-0.2, 0) is 22.6 Å². The van der Waals surface area contributed by atoms with Crippen molar-refractivity contribution in [3.05, 3.63) is 101 Å². The van der Waals surface area contributed by atoms with E-state index in [0.717, 1.165) is 45.7 Å². The van der Waals surface area contributed by atoms with Crippen molar-refractivity contribution in [3.63, 3.8) is 0 Å². The second-order valence-electron chi connectivity index (χ2n) is 9.53. The van der Waals surface area contributed by atoms with Gasteiger partial charge >= 0.3 is 12.1 Å². The van der Waals surface area contributed by atoms with E-state index < -0.39 is 33.5 Å². The lowest BCUT2D eigenvalue weighted by Crippen LogP contribution is -2.28. The number of nitrogens with zero attached hydrogens (tertiary/aromatic N) is 2. The molecule has 4 aromatic rings. The number of hydrogen-bond donors (Lipinski definition) is 1. The van der Waals surface area contributed by atoms with E-state index in [9.17, 15) is 26.4 Å². The van der Waals surface area contributed by atoms with E-state index in [0.29, 0.717) is 12.2 Å². The lowest BCUT2D eigenvalue weighted by molar-refractivity contribution is -0.137. The summed E-state index contributed by atoms with van der Waals surface area (Å²) < 4.78 is 74.0. The molecule has 0 atom stereocenters. The molecule has 0 amide bonds. The first-order chi connectivity index (χ1) is 18.9. The van der Waals surface area contributed by atoms with Crippen LogP contribution >= 0.6 is 0 Å². The van der Waals surface area contributed by atoms with Gasteiger partial charge < -0.3 is 14.7 Å². The Morgan fingerprint density at radius 2 is 1.80 bits per heavy atom. The van der Waals surface area contributed by atoms with Crippen molar-refractivity contribution in [2.24, 2.45) is 0 Å². The molecule has 0 spiro atoms. The number of benzene rings is 3. The van der Waals surface area contributed by atoms with E-state index in [4.69, 9.17) is 9.84 Å². The maximum Gasteiger partial charge on any atom is 0.416 e. The van der Waals surface area contributed by atoms with Crippen molar-refractivity contribution in [2.45, 2.75) is 12.6 Å². The summed E-state index contributed by atoms with van der Waals surface area (Å²) in [6.45, 7) is 1.31. The minimum Gasteiger partial charge on any atom is -0.490 e. The third-order valence-corrected chi connectivity index (χ3v) is 8.32. The molecular formula is C29H25F3N2O5S. The number of aromatic nitrogens is 1. The minimum atomic E-state index is -4.58. The number of carboxylic acid groups (broad SMARTS) is 1. The summed E-state index contributed by atoms with van der Waals surface area (Å²) in [6, 6.07) is 15.8. The topological polar surface area (TPSA) is 88.8 Å². The first-order valence-electron chi connectivity index (χ1n) is 12.3. The van der Waals surface area contributed by atoms with Gasteiger partial charge in [-0.25, -0.2) is 17.2 Å². The molecule has 0 radical (unpaired) electrons. The van der Waals surface area contributed by atoms with Crippen LogP contribution in [0.3, 0.4) is 0 Å². The van der Waals surface area contributed by atoms with Crippen LogP contribution in [0.5, 0.6) is 5.75 Å². The van der Waals surface area contributed by atoms with Crippen LogP contribution in [0, 0.1) is 0 Å². The quantitative estimate of drug-likeness (QED) is 0.308. The van der Waals surface area contributed by atoms with Crippen molar-refractivity contribution in [3.8, 4) is 5.75 Å². The molecule has 5 rings (SSSR count). The first kappa shape index (κ1) is 27.3. The molecule has 3 aromatic carbocycles. The molecule has 11 heteroatoms. The number of alkyl halides is 3. The summed E-state index contributed by atoms with van der Waals surface area (Å²) in [5.74, 6) is -0.754. The van der Waals surface area contributed by atoms with Gasteiger partial charge in [0.05, 0.1) is 34.6 Å². The molecule has 2 heterocycles. The average Bonchev–Trinajstić information content (AvgIpc) is 3.27. The number of ether oxygens (including phenoxy) is 1. The molecule has 40 heavy (non-hydrogen) atoms. The van der Waals surface area contributed by atoms with Crippen LogP contribution < -0.4 is 9.64 Å². The van der Waals surface area contributed by atoms with Gasteiger partial charge in [0.25, 0.3) is 0 Å². The molecule has 0 fully saturated rings. The second-order valence-corrected chi connectivity index (χ2v) is 11.4. The lowest BCUT2D eigenvalue weighted by Gasteiger charge is -2.27. The van der Waals surface area contributed by atoms with Crippen molar-refractivity contribution < 1.29 is 36.2 Å². The van der Waals surface area contributed by atoms with Gasteiger partial charge in [0.1, 0.15) is 12.4 Å². The number of hydrogen-bond acceptors (Lipinski definition) is 5. The van der Waals surface area contributed by atoms with Crippen LogP contribution in [0.1, 0.15) is 32.7 Å². The predicted octanol–water partition coefficient (Wildman–Crippen LogP) is 5.67. The number of carboxylic acids is 1. The molecule has 208 valence electrons. The Kier molecular flexibility index (Phi) is 7.09. The number of halogens is 3. The highest BCUT2D eigenvalue weighted by Crippen LogP contribution is 2.34. The molecule has 0 unspecified atom stereocenters. The van der Waals surface area contributed by atoms with Gasteiger partial charge in [-0.1, -0.05) is 30.4 Å². The summed E-state index contributed by atoms with van der Waals surface area (Å²) >= 11 is 0. The van der Waals surface area contributed by atoms with Gasteiger partial charge in [-0.3, -0.25) is 0 Å². The number of carbonyl (C=O) groups is 1. The molecule has 0 saturated heterocycles. The summed E-state index contributed by atoms with van der Waals surface area (Å²) in [4.78, 5) is 13.2. The summed E-state index contributed by atoms with van der Waals surface area (Å²) in [7, 11) is -2.10. The van der Waals surface area contributed by atoms with Gasteiger partial charge in [0.15, 0.2) is 0 Å². The molecule has 7 nitrogen and oxygen atoms in total. The number of fused-ring (bicyclic) bond motifs is 2. The zero-order chi connectivity index (χ0) is 28.7. The van der Waals surface area contributed by atoms with Gasteiger partial charge in [-0.05, 0) is 59.7 Å². The number of rotatable bonds is 7. The van der Waals surface area contributed by atoms with Crippen LogP contribution in [0.4, 0.5) is 18.9 Å². The maximum absolute atomic E-state index is 13.6. The SMILES string of the molecule is CN1CCOc2ccc(C=CCS(=O)(=O)n3c(Cc4ccc(C(=O)O)cc4)cc4cc(C(F)(F)F)ccc43)cc21. The third-order valence-electron chi connectivity index (χ3n) is 6.72. The third kappa shape index (κ3) is 5.55. The molecule has 0 bridgehead atoms. The first-order valence-corrected chi connectivity index (χ1v) is 13.9. The Hall–Kier alpha value is -4.25. The Morgan fingerprint density at radius 3 is 2.50 bits per heavy atom. The van der Waals surface area contributed by atoms with E-state index in [1.165, 1.54) is 24.3 Å². The van der Waals surface area contributed by atoms with E-state index in [1.54, 1.807) is 18.2 Å². The van der Waals surface area contributed by atoms with E-state index in [1.807, 2.05) is 30.1 Å². The summed E-state index contributed by atoms with van der Waals surface area (Å²) in [5.41, 5.74) is 1.85.